The Morgan fingerprint density at radius 2 is 1.87 bits per heavy atom. The van der Waals surface area contributed by atoms with Crippen molar-refractivity contribution in [1.29, 1.82) is 0 Å². The van der Waals surface area contributed by atoms with Gasteiger partial charge in [-0.15, -0.1) is 11.3 Å². The maximum atomic E-state index is 13.9. The summed E-state index contributed by atoms with van der Waals surface area (Å²) < 4.78 is 13.9. The van der Waals surface area contributed by atoms with Crippen molar-refractivity contribution in [2.75, 3.05) is 37.6 Å². The highest BCUT2D eigenvalue weighted by molar-refractivity contribution is 7.12. The molecule has 0 unspecified atom stereocenters. The Labute approximate surface area is 141 Å². The summed E-state index contributed by atoms with van der Waals surface area (Å²) in [5, 5.41) is 10.5. The molecule has 3 rings (SSSR count). The highest BCUT2D eigenvalue weighted by Gasteiger charge is 2.22. The number of β-amino-alcohol motifs (C(OH)–C–C–N with tert-alkyl or cyclic N) is 1. The van der Waals surface area contributed by atoms with Gasteiger partial charge in [-0.1, -0.05) is 12.1 Å². The van der Waals surface area contributed by atoms with E-state index in [-0.39, 0.29) is 5.82 Å². The number of thiophene rings is 1. The Kier molecular flexibility index (Phi) is 4.99. The molecular weight excluding hydrogens is 311 g/mol. The molecule has 23 heavy (non-hydrogen) atoms. The van der Waals surface area contributed by atoms with Crippen LogP contribution in [0.25, 0.3) is 0 Å². The molecule has 2 aromatic rings. The van der Waals surface area contributed by atoms with E-state index >= 15 is 0 Å². The minimum Gasteiger partial charge on any atom is -0.387 e. The Morgan fingerprint density at radius 3 is 2.48 bits per heavy atom. The summed E-state index contributed by atoms with van der Waals surface area (Å²) in [6.45, 7) is 8.03. The van der Waals surface area contributed by atoms with E-state index in [1.165, 1.54) is 15.8 Å². The predicted octanol–water partition coefficient (Wildman–Crippen LogP) is 3.36. The van der Waals surface area contributed by atoms with Gasteiger partial charge in [-0.25, -0.2) is 4.39 Å². The highest BCUT2D eigenvalue weighted by atomic mass is 32.1. The molecule has 1 aliphatic heterocycles. The third-order valence-electron chi connectivity index (χ3n) is 4.43. The van der Waals surface area contributed by atoms with Gasteiger partial charge < -0.3 is 10.0 Å². The number of aliphatic hydroxyl groups is 1. The number of aryl methyl sites for hydroxylation is 2. The second kappa shape index (κ2) is 6.99. The van der Waals surface area contributed by atoms with E-state index in [0.717, 1.165) is 31.7 Å². The van der Waals surface area contributed by atoms with Gasteiger partial charge in [0.1, 0.15) is 5.82 Å². The molecule has 0 aliphatic carbocycles. The van der Waals surface area contributed by atoms with Gasteiger partial charge in [0.2, 0.25) is 0 Å². The lowest BCUT2D eigenvalue weighted by molar-refractivity contribution is 0.109. The van der Waals surface area contributed by atoms with Crippen LogP contribution in [-0.4, -0.2) is 42.7 Å². The molecule has 1 N–H and O–H groups in total. The van der Waals surface area contributed by atoms with Crippen LogP contribution in [0.3, 0.4) is 0 Å². The van der Waals surface area contributed by atoms with Crippen LogP contribution in [0.2, 0.25) is 0 Å². The van der Waals surface area contributed by atoms with Gasteiger partial charge in [0.15, 0.2) is 0 Å². The Bertz CT molecular complexity index is 665. The lowest BCUT2D eigenvalue weighted by atomic mass is 10.1. The predicted molar refractivity (Wildman–Crippen MR) is 93.8 cm³/mol. The molecule has 1 aliphatic rings. The molecule has 0 bridgehead atoms. The summed E-state index contributed by atoms with van der Waals surface area (Å²) in [4.78, 5) is 6.77. The number of anilines is 1. The largest absolute Gasteiger partial charge is 0.387 e. The smallest absolute Gasteiger partial charge is 0.146 e. The molecule has 0 saturated carbocycles. The van der Waals surface area contributed by atoms with Gasteiger partial charge in [0.25, 0.3) is 0 Å². The van der Waals surface area contributed by atoms with Crippen LogP contribution >= 0.6 is 11.3 Å². The fourth-order valence-corrected chi connectivity index (χ4v) is 4.19. The number of piperazine rings is 1. The quantitative estimate of drug-likeness (QED) is 0.929. The molecular formula is C18H23FN2OS. The normalized spacial score (nSPS) is 17.5. The van der Waals surface area contributed by atoms with Crippen LogP contribution in [-0.2, 0) is 0 Å². The van der Waals surface area contributed by atoms with Crippen molar-refractivity contribution in [2.24, 2.45) is 0 Å². The Balaban J connectivity index is 1.57. The first-order valence-electron chi connectivity index (χ1n) is 8.01. The molecule has 0 spiro atoms. The topological polar surface area (TPSA) is 26.7 Å². The molecule has 124 valence electrons. The number of aliphatic hydroxyl groups excluding tert-OH is 1. The molecule has 3 nitrogen and oxygen atoms in total. The van der Waals surface area contributed by atoms with E-state index in [2.05, 4.69) is 29.7 Å². The molecule has 1 fully saturated rings. The van der Waals surface area contributed by atoms with Gasteiger partial charge in [-0.05, 0) is 37.6 Å². The second-order valence-electron chi connectivity index (χ2n) is 6.12. The van der Waals surface area contributed by atoms with Crippen molar-refractivity contribution in [3.05, 3.63) is 51.5 Å². The van der Waals surface area contributed by atoms with Crippen molar-refractivity contribution < 1.29 is 9.50 Å². The van der Waals surface area contributed by atoms with E-state index in [9.17, 15) is 9.50 Å². The fourth-order valence-electron chi connectivity index (χ4n) is 3.20. The average Bonchev–Trinajstić information content (AvgIpc) is 2.87. The first-order valence-corrected chi connectivity index (χ1v) is 8.83. The van der Waals surface area contributed by atoms with Gasteiger partial charge >= 0.3 is 0 Å². The molecule has 1 aromatic heterocycles. The Hall–Kier alpha value is -1.43. The number of halogens is 1. The standard InChI is InChI=1S/C18H23FN2OS/c1-13-11-15(14(2)23-13)18(22)12-20-7-9-21(10-8-20)17-6-4-3-5-16(17)19/h3-6,11,18,22H,7-10,12H2,1-2H3/t18-/m1/s1. The molecule has 1 aromatic carbocycles. The zero-order valence-corrected chi connectivity index (χ0v) is 14.4. The number of benzene rings is 1. The number of nitrogens with zero attached hydrogens (tertiary/aromatic N) is 2. The van der Waals surface area contributed by atoms with Crippen LogP contribution in [0, 0.1) is 19.7 Å². The summed E-state index contributed by atoms with van der Waals surface area (Å²) in [5.74, 6) is -0.162. The van der Waals surface area contributed by atoms with Crippen LogP contribution < -0.4 is 4.90 Å². The fraction of sp³-hybridized carbons (Fsp3) is 0.444. The number of rotatable bonds is 4. The summed E-state index contributed by atoms with van der Waals surface area (Å²) in [5.41, 5.74) is 1.72. The molecule has 2 heterocycles. The number of para-hydroxylation sites is 1. The Morgan fingerprint density at radius 1 is 1.17 bits per heavy atom. The summed E-state index contributed by atoms with van der Waals surface area (Å²) in [6, 6.07) is 9.01. The minimum absolute atomic E-state index is 0.162. The number of hydrogen-bond donors (Lipinski definition) is 1. The van der Waals surface area contributed by atoms with E-state index < -0.39 is 6.10 Å². The monoisotopic (exact) mass is 334 g/mol. The van der Waals surface area contributed by atoms with E-state index in [0.29, 0.717) is 12.2 Å². The second-order valence-corrected chi connectivity index (χ2v) is 7.58. The zero-order chi connectivity index (χ0) is 16.4. The zero-order valence-electron chi connectivity index (χ0n) is 13.6. The van der Waals surface area contributed by atoms with Crippen LogP contribution in [0.1, 0.15) is 21.4 Å². The van der Waals surface area contributed by atoms with Crippen molar-refractivity contribution in [1.82, 2.24) is 4.90 Å². The van der Waals surface area contributed by atoms with Gasteiger partial charge in [0.05, 0.1) is 11.8 Å². The maximum Gasteiger partial charge on any atom is 0.146 e. The molecule has 1 atom stereocenters. The first kappa shape index (κ1) is 16.4. The third-order valence-corrected chi connectivity index (χ3v) is 5.42. The summed E-state index contributed by atoms with van der Waals surface area (Å²) >= 11 is 1.73. The van der Waals surface area contributed by atoms with Crippen molar-refractivity contribution in [2.45, 2.75) is 20.0 Å². The summed E-state index contributed by atoms with van der Waals surface area (Å²) in [7, 11) is 0. The maximum absolute atomic E-state index is 13.9. The van der Waals surface area contributed by atoms with Crippen LogP contribution in [0.15, 0.2) is 30.3 Å². The van der Waals surface area contributed by atoms with Crippen molar-refractivity contribution in [3.63, 3.8) is 0 Å². The van der Waals surface area contributed by atoms with Gasteiger partial charge in [-0.3, -0.25) is 4.90 Å². The van der Waals surface area contributed by atoms with E-state index in [1.807, 2.05) is 12.1 Å². The molecule has 0 radical (unpaired) electrons. The van der Waals surface area contributed by atoms with Crippen molar-refractivity contribution >= 4 is 17.0 Å². The van der Waals surface area contributed by atoms with Crippen LogP contribution in [0.4, 0.5) is 10.1 Å². The van der Waals surface area contributed by atoms with Gasteiger partial charge in [-0.2, -0.15) is 0 Å². The SMILES string of the molecule is Cc1cc([C@H](O)CN2CCN(c3ccccc3F)CC2)c(C)s1. The van der Waals surface area contributed by atoms with E-state index in [1.54, 1.807) is 17.4 Å². The average molecular weight is 334 g/mol. The third kappa shape index (κ3) is 3.74. The number of hydrogen-bond acceptors (Lipinski definition) is 4. The highest BCUT2D eigenvalue weighted by Crippen LogP contribution is 2.27. The summed E-state index contributed by atoms with van der Waals surface area (Å²) in [6.07, 6.45) is -0.444. The van der Waals surface area contributed by atoms with E-state index in [4.69, 9.17) is 0 Å². The first-order chi connectivity index (χ1) is 11.0. The lowest BCUT2D eigenvalue weighted by Crippen LogP contribution is -2.47. The van der Waals surface area contributed by atoms with Gasteiger partial charge in [0, 0.05) is 42.5 Å². The lowest BCUT2D eigenvalue weighted by Gasteiger charge is -2.37. The van der Waals surface area contributed by atoms with Crippen molar-refractivity contribution in [3.8, 4) is 0 Å². The molecule has 0 amide bonds. The molecule has 5 heteroatoms. The minimum atomic E-state index is -0.444. The molecule has 1 saturated heterocycles. The van der Waals surface area contributed by atoms with Crippen LogP contribution in [0.5, 0.6) is 0 Å².